The number of carbonyl (C=O) groups excluding carboxylic acids is 1. The second-order valence-corrected chi connectivity index (χ2v) is 8.13. The molecule has 0 radical (unpaired) electrons. The minimum atomic E-state index is -3.55. The van der Waals surface area contributed by atoms with Gasteiger partial charge in [0.25, 0.3) is 5.91 Å². The van der Waals surface area contributed by atoms with Gasteiger partial charge in [-0.05, 0) is 54.6 Å². The zero-order valence-corrected chi connectivity index (χ0v) is 16.9. The van der Waals surface area contributed by atoms with Gasteiger partial charge in [0.15, 0.2) is 5.69 Å². The van der Waals surface area contributed by atoms with E-state index in [1.807, 2.05) is 0 Å². The van der Waals surface area contributed by atoms with Crippen molar-refractivity contribution < 1.29 is 17.6 Å². The molecule has 0 atom stereocenters. The fourth-order valence-corrected chi connectivity index (χ4v) is 4.26. The molecule has 0 aliphatic rings. The number of nitrogens with zero attached hydrogens (tertiary/aromatic N) is 3. The van der Waals surface area contributed by atoms with Crippen LogP contribution in [0.5, 0.6) is 0 Å². The maximum atomic E-state index is 13.0. The van der Waals surface area contributed by atoms with Crippen LogP contribution in [-0.4, -0.2) is 41.5 Å². The van der Waals surface area contributed by atoms with Crippen LogP contribution in [0.1, 0.15) is 24.3 Å². The highest BCUT2D eigenvalue weighted by molar-refractivity contribution is 7.89. The van der Waals surface area contributed by atoms with Crippen molar-refractivity contribution in [1.29, 1.82) is 0 Å². The number of hydrogen-bond donors (Lipinski definition) is 1. The van der Waals surface area contributed by atoms with Crippen LogP contribution in [0, 0.1) is 5.82 Å². The minimum Gasteiger partial charge on any atom is -0.321 e. The number of rotatable bonds is 7. The maximum Gasteiger partial charge on any atom is 0.276 e. The fraction of sp³-hybridized carbons (Fsp3) is 0.200. The Morgan fingerprint density at radius 2 is 1.66 bits per heavy atom. The third-order valence-corrected chi connectivity index (χ3v) is 6.43. The zero-order valence-electron chi connectivity index (χ0n) is 16.0. The maximum absolute atomic E-state index is 13.0. The van der Waals surface area contributed by atoms with E-state index in [-0.39, 0.29) is 16.4 Å². The van der Waals surface area contributed by atoms with E-state index in [2.05, 4.69) is 10.4 Å². The van der Waals surface area contributed by atoms with Crippen LogP contribution in [-0.2, 0) is 10.0 Å². The van der Waals surface area contributed by atoms with E-state index in [4.69, 9.17) is 0 Å². The number of anilines is 1. The smallest absolute Gasteiger partial charge is 0.276 e. The van der Waals surface area contributed by atoms with Gasteiger partial charge < -0.3 is 5.32 Å². The summed E-state index contributed by atoms with van der Waals surface area (Å²) in [6.07, 6.45) is 1.60. The molecular formula is C20H21FN4O3S. The lowest BCUT2D eigenvalue weighted by Gasteiger charge is -2.18. The van der Waals surface area contributed by atoms with Crippen LogP contribution >= 0.6 is 0 Å². The van der Waals surface area contributed by atoms with E-state index >= 15 is 0 Å². The largest absolute Gasteiger partial charge is 0.321 e. The standard InChI is InChI=1S/C20H21FN4O3S/c1-3-24(4-2)29(27,28)18-11-7-16(8-12-18)22-20(26)19-13-14-25(23-19)17-9-5-15(21)6-10-17/h5-14H,3-4H2,1-2H3,(H,22,26). The molecule has 3 rings (SSSR count). The van der Waals surface area contributed by atoms with Crippen molar-refractivity contribution in [3.8, 4) is 5.69 Å². The van der Waals surface area contributed by atoms with Crippen molar-refractivity contribution >= 4 is 21.6 Å². The van der Waals surface area contributed by atoms with Crippen molar-refractivity contribution in [3.63, 3.8) is 0 Å². The molecule has 1 N–H and O–H groups in total. The summed E-state index contributed by atoms with van der Waals surface area (Å²) in [5.41, 5.74) is 1.25. The van der Waals surface area contributed by atoms with E-state index in [1.165, 1.54) is 51.5 Å². The van der Waals surface area contributed by atoms with Crippen LogP contribution in [0.2, 0.25) is 0 Å². The van der Waals surface area contributed by atoms with E-state index in [9.17, 15) is 17.6 Å². The molecule has 7 nitrogen and oxygen atoms in total. The van der Waals surface area contributed by atoms with Gasteiger partial charge in [0.1, 0.15) is 5.82 Å². The van der Waals surface area contributed by atoms with E-state index in [0.717, 1.165) is 0 Å². The van der Waals surface area contributed by atoms with E-state index in [1.54, 1.807) is 32.2 Å². The third kappa shape index (κ3) is 4.52. The molecule has 0 aliphatic carbocycles. The summed E-state index contributed by atoms with van der Waals surface area (Å²) in [7, 11) is -3.55. The molecule has 0 bridgehead atoms. The highest BCUT2D eigenvalue weighted by Gasteiger charge is 2.21. The van der Waals surface area contributed by atoms with Crippen molar-refractivity contribution in [2.45, 2.75) is 18.7 Å². The number of halogens is 1. The van der Waals surface area contributed by atoms with Crippen LogP contribution in [0.3, 0.4) is 0 Å². The summed E-state index contributed by atoms with van der Waals surface area (Å²) in [5.74, 6) is -0.796. The van der Waals surface area contributed by atoms with Gasteiger partial charge in [0.2, 0.25) is 10.0 Å². The number of carbonyl (C=O) groups is 1. The predicted octanol–water partition coefficient (Wildman–Crippen LogP) is 3.29. The molecule has 1 aromatic heterocycles. The number of amides is 1. The molecule has 3 aromatic rings. The Labute approximate surface area is 168 Å². The van der Waals surface area contributed by atoms with Crippen LogP contribution < -0.4 is 5.32 Å². The molecule has 9 heteroatoms. The molecule has 1 amide bonds. The van der Waals surface area contributed by atoms with Crippen LogP contribution in [0.15, 0.2) is 65.7 Å². The Kier molecular flexibility index (Phi) is 6.09. The molecule has 2 aromatic carbocycles. The SMILES string of the molecule is CCN(CC)S(=O)(=O)c1ccc(NC(=O)c2ccn(-c3ccc(F)cc3)n2)cc1. The van der Waals surface area contributed by atoms with E-state index < -0.39 is 15.9 Å². The highest BCUT2D eigenvalue weighted by Crippen LogP contribution is 2.19. The van der Waals surface area contributed by atoms with Crippen LogP contribution in [0.4, 0.5) is 10.1 Å². The van der Waals surface area contributed by atoms with Crippen molar-refractivity contribution in [1.82, 2.24) is 14.1 Å². The van der Waals surface area contributed by atoms with Crippen molar-refractivity contribution in [2.24, 2.45) is 0 Å². The Morgan fingerprint density at radius 1 is 1.03 bits per heavy atom. The van der Waals surface area contributed by atoms with Gasteiger partial charge in [-0.15, -0.1) is 0 Å². The molecule has 0 aliphatic heterocycles. The molecule has 0 spiro atoms. The van der Waals surface area contributed by atoms with Gasteiger partial charge in [-0.1, -0.05) is 13.8 Å². The molecule has 29 heavy (non-hydrogen) atoms. The van der Waals surface area contributed by atoms with Gasteiger partial charge >= 0.3 is 0 Å². The molecule has 1 heterocycles. The Morgan fingerprint density at radius 3 is 2.24 bits per heavy atom. The number of hydrogen-bond acceptors (Lipinski definition) is 4. The molecule has 152 valence electrons. The predicted molar refractivity (Wildman–Crippen MR) is 108 cm³/mol. The average Bonchev–Trinajstić information content (AvgIpc) is 3.20. The Hall–Kier alpha value is -3.04. The number of benzene rings is 2. The summed E-state index contributed by atoms with van der Waals surface area (Å²) in [4.78, 5) is 12.6. The van der Waals surface area contributed by atoms with Gasteiger partial charge in [-0.3, -0.25) is 4.79 Å². The summed E-state index contributed by atoms with van der Waals surface area (Å²) in [6.45, 7) is 4.32. The van der Waals surface area contributed by atoms with Crippen molar-refractivity contribution in [2.75, 3.05) is 18.4 Å². The first-order chi connectivity index (χ1) is 13.8. The molecule has 0 fully saturated rings. The van der Waals surface area contributed by atoms with Gasteiger partial charge in [0, 0.05) is 25.0 Å². The third-order valence-electron chi connectivity index (χ3n) is 4.37. The second kappa shape index (κ2) is 8.54. The molecule has 0 unspecified atom stereocenters. The first kappa shape index (κ1) is 20.7. The lowest BCUT2D eigenvalue weighted by atomic mass is 10.3. The monoisotopic (exact) mass is 416 g/mol. The molecular weight excluding hydrogens is 395 g/mol. The first-order valence-corrected chi connectivity index (χ1v) is 10.5. The summed E-state index contributed by atoms with van der Waals surface area (Å²) >= 11 is 0. The quantitative estimate of drug-likeness (QED) is 0.641. The van der Waals surface area contributed by atoms with Crippen molar-refractivity contribution in [3.05, 3.63) is 72.3 Å². The number of aromatic nitrogens is 2. The zero-order chi connectivity index (χ0) is 21.0. The van der Waals surface area contributed by atoms with Gasteiger partial charge in [-0.25, -0.2) is 17.5 Å². The minimum absolute atomic E-state index is 0.166. The topological polar surface area (TPSA) is 84.3 Å². The molecule has 0 saturated carbocycles. The van der Waals surface area contributed by atoms with Gasteiger partial charge in [0.05, 0.1) is 10.6 Å². The average molecular weight is 416 g/mol. The van der Waals surface area contributed by atoms with Gasteiger partial charge in [-0.2, -0.15) is 9.40 Å². The molecule has 0 saturated heterocycles. The summed E-state index contributed by atoms with van der Waals surface area (Å²) in [6, 6.07) is 13.3. The summed E-state index contributed by atoms with van der Waals surface area (Å²) < 4.78 is 40.9. The van der Waals surface area contributed by atoms with Crippen LogP contribution in [0.25, 0.3) is 5.69 Å². The number of nitrogens with one attached hydrogen (secondary N) is 1. The fourth-order valence-electron chi connectivity index (χ4n) is 2.80. The lowest BCUT2D eigenvalue weighted by molar-refractivity contribution is 0.102. The second-order valence-electron chi connectivity index (χ2n) is 6.19. The number of sulfonamides is 1. The van der Waals surface area contributed by atoms with E-state index in [0.29, 0.717) is 24.5 Å². The highest BCUT2D eigenvalue weighted by atomic mass is 32.2. The lowest BCUT2D eigenvalue weighted by Crippen LogP contribution is -2.30. The Bertz CT molecular complexity index is 1090. The Balaban J connectivity index is 1.72. The summed E-state index contributed by atoms with van der Waals surface area (Å²) in [5, 5.41) is 6.87. The first-order valence-electron chi connectivity index (χ1n) is 9.08. The normalized spacial score (nSPS) is 11.6.